The molecule has 3 amide bonds. The van der Waals surface area contributed by atoms with E-state index in [2.05, 4.69) is 38.2 Å². The van der Waals surface area contributed by atoms with E-state index in [0.717, 1.165) is 6.42 Å². The summed E-state index contributed by atoms with van der Waals surface area (Å²) in [6.07, 6.45) is 1.13. The fourth-order valence-electron chi connectivity index (χ4n) is 5.58. The first-order chi connectivity index (χ1) is 16.0. The van der Waals surface area contributed by atoms with Crippen molar-refractivity contribution in [3.63, 3.8) is 0 Å². The van der Waals surface area contributed by atoms with Crippen molar-refractivity contribution >= 4 is 17.7 Å². The number of alkyl halides is 1. The van der Waals surface area contributed by atoms with E-state index in [4.69, 9.17) is 0 Å². The molecule has 2 saturated heterocycles. The highest BCUT2D eigenvalue weighted by Crippen LogP contribution is 2.33. The minimum atomic E-state index is -1.62. The molecule has 0 radical (unpaired) electrons. The van der Waals surface area contributed by atoms with Crippen LogP contribution in [0.15, 0.2) is 12.1 Å². The van der Waals surface area contributed by atoms with Crippen LogP contribution in [0.25, 0.3) is 0 Å². The molecule has 3 aliphatic heterocycles. The fourth-order valence-corrected chi connectivity index (χ4v) is 5.58. The normalized spacial score (nSPS) is 28.3. The smallest absolute Gasteiger partial charge is 0.246 e. The molecule has 182 valence electrons. The molecule has 1 aromatic carbocycles. The lowest BCUT2D eigenvalue weighted by Gasteiger charge is -2.23. The number of carbonyl (C=O) groups excluding carboxylic acids is 3. The van der Waals surface area contributed by atoms with Gasteiger partial charge in [0, 0.05) is 31.8 Å². The van der Waals surface area contributed by atoms with Crippen molar-refractivity contribution in [1.82, 2.24) is 15.1 Å². The molecule has 8 heteroatoms. The second-order valence-corrected chi connectivity index (χ2v) is 10.8. The monoisotopic (exact) mass is 468 g/mol. The molecule has 7 nitrogen and oxygen atoms in total. The van der Waals surface area contributed by atoms with E-state index < -0.39 is 29.6 Å². The molecule has 0 bridgehead atoms. The third kappa shape index (κ3) is 4.79. The van der Waals surface area contributed by atoms with Crippen LogP contribution in [0.2, 0.25) is 0 Å². The zero-order valence-electron chi connectivity index (χ0n) is 20.4. The molecule has 0 spiro atoms. The van der Waals surface area contributed by atoms with Crippen molar-refractivity contribution in [2.45, 2.75) is 84.2 Å². The topological polar surface area (TPSA) is 93.5 Å². The lowest BCUT2D eigenvalue weighted by molar-refractivity contribution is -0.135. The van der Waals surface area contributed by atoms with E-state index >= 15 is 0 Å². The molecule has 0 saturated carbocycles. The second kappa shape index (κ2) is 9.01. The lowest BCUT2D eigenvalue weighted by atomic mass is 9.94. The van der Waals surface area contributed by atoms with Gasteiger partial charge in [-0.1, -0.05) is 31.5 Å². The van der Waals surface area contributed by atoms with Crippen LogP contribution in [0.4, 0.5) is 4.39 Å². The van der Waals surface area contributed by atoms with E-state index in [9.17, 15) is 24.0 Å². The Kier molecular flexibility index (Phi) is 6.41. The first kappa shape index (κ1) is 24.2. The van der Waals surface area contributed by atoms with E-state index in [-0.39, 0.29) is 37.6 Å². The van der Waals surface area contributed by atoms with Crippen LogP contribution >= 0.6 is 0 Å². The van der Waals surface area contributed by atoms with Crippen LogP contribution < -0.4 is 5.32 Å². The van der Waals surface area contributed by atoms with Crippen LogP contribution in [-0.2, 0) is 33.9 Å². The van der Waals surface area contributed by atoms with Crippen LogP contribution in [-0.4, -0.2) is 51.8 Å². The summed E-state index contributed by atoms with van der Waals surface area (Å²) in [7, 11) is 0. The summed E-state index contributed by atoms with van der Waals surface area (Å²) >= 11 is 0. The minimum Gasteiger partial charge on any atom is -0.344 e. The SMILES string of the molecule is Cc1cc(CC(C)C)c2c(c1)CN(C(=O)C[C@@H]1C[C@@H](C(=O)N3CC(C)(F)C[C@H]3C#N)NC1=O)C2. The Bertz CT molecular complexity index is 1060. The quantitative estimate of drug-likeness (QED) is 0.719. The number of nitrogens with zero attached hydrogens (tertiary/aromatic N) is 3. The highest BCUT2D eigenvalue weighted by molar-refractivity contribution is 5.94. The average molecular weight is 469 g/mol. The number of fused-ring (bicyclic) bond motifs is 1. The number of benzene rings is 1. The summed E-state index contributed by atoms with van der Waals surface area (Å²) in [5.74, 6) is -0.986. The molecule has 4 atom stereocenters. The predicted molar refractivity (Wildman–Crippen MR) is 124 cm³/mol. The largest absolute Gasteiger partial charge is 0.344 e. The minimum absolute atomic E-state index is 0.0323. The van der Waals surface area contributed by atoms with Gasteiger partial charge in [0.25, 0.3) is 0 Å². The Morgan fingerprint density at radius 2 is 2.06 bits per heavy atom. The molecule has 0 aromatic heterocycles. The zero-order chi connectivity index (χ0) is 24.8. The van der Waals surface area contributed by atoms with Crippen LogP contribution in [0, 0.1) is 30.1 Å². The lowest BCUT2D eigenvalue weighted by Crippen LogP contribution is -2.46. The first-order valence-corrected chi connectivity index (χ1v) is 12.1. The van der Waals surface area contributed by atoms with E-state index in [0.29, 0.717) is 19.0 Å². The Morgan fingerprint density at radius 1 is 1.32 bits per heavy atom. The van der Waals surface area contributed by atoms with Gasteiger partial charge in [0.05, 0.1) is 12.6 Å². The zero-order valence-corrected chi connectivity index (χ0v) is 20.4. The molecule has 34 heavy (non-hydrogen) atoms. The van der Waals surface area contributed by atoms with Crippen molar-refractivity contribution in [1.29, 1.82) is 5.26 Å². The maximum atomic E-state index is 14.4. The summed E-state index contributed by atoms with van der Waals surface area (Å²) in [4.78, 5) is 41.6. The molecular weight excluding hydrogens is 435 g/mol. The van der Waals surface area contributed by atoms with Gasteiger partial charge in [0.2, 0.25) is 17.7 Å². The summed E-state index contributed by atoms with van der Waals surface area (Å²) in [6.45, 7) is 8.71. The van der Waals surface area contributed by atoms with Gasteiger partial charge in [-0.05, 0) is 49.3 Å². The maximum Gasteiger partial charge on any atom is 0.246 e. The molecule has 1 N–H and O–H groups in total. The summed E-state index contributed by atoms with van der Waals surface area (Å²) < 4.78 is 14.4. The number of nitriles is 1. The third-order valence-corrected chi connectivity index (χ3v) is 7.12. The highest BCUT2D eigenvalue weighted by atomic mass is 19.1. The Morgan fingerprint density at radius 3 is 2.74 bits per heavy atom. The molecule has 1 aromatic rings. The maximum absolute atomic E-state index is 14.4. The van der Waals surface area contributed by atoms with Gasteiger partial charge in [-0.3, -0.25) is 14.4 Å². The van der Waals surface area contributed by atoms with Crippen molar-refractivity contribution in [3.05, 3.63) is 34.4 Å². The first-order valence-electron chi connectivity index (χ1n) is 12.1. The molecule has 3 heterocycles. The Hall–Kier alpha value is -2.95. The van der Waals surface area contributed by atoms with Crippen LogP contribution in [0.3, 0.4) is 0 Å². The van der Waals surface area contributed by atoms with Crippen LogP contribution in [0.5, 0.6) is 0 Å². The number of halogens is 1. The van der Waals surface area contributed by atoms with Crippen LogP contribution in [0.1, 0.15) is 62.3 Å². The van der Waals surface area contributed by atoms with Gasteiger partial charge in [-0.25, -0.2) is 4.39 Å². The summed E-state index contributed by atoms with van der Waals surface area (Å²) in [5.41, 5.74) is 3.22. The molecule has 3 aliphatic rings. The number of nitrogens with one attached hydrogen (secondary N) is 1. The fraction of sp³-hybridized carbons (Fsp3) is 0.615. The number of hydrogen-bond acceptors (Lipinski definition) is 4. The highest BCUT2D eigenvalue weighted by Gasteiger charge is 2.47. The van der Waals surface area contributed by atoms with Crippen molar-refractivity contribution in [2.75, 3.05) is 6.54 Å². The number of aryl methyl sites for hydroxylation is 1. The Balaban J connectivity index is 1.39. The van der Waals surface area contributed by atoms with E-state index in [1.165, 1.54) is 34.1 Å². The molecule has 0 aliphatic carbocycles. The van der Waals surface area contributed by atoms with Crippen molar-refractivity contribution in [2.24, 2.45) is 11.8 Å². The van der Waals surface area contributed by atoms with Gasteiger partial charge in [-0.2, -0.15) is 5.26 Å². The molecule has 2 fully saturated rings. The summed E-state index contributed by atoms with van der Waals surface area (Å²) in [5, 5.41) is 12.0. The number of rotatable bonds is 5. The summed E-state index contributed by atoms with van der Waals surface area (Å²) in [6, 6.07) is 4.64. The van der Waals surface area contributed by atoms with Crippen molar-refractivity contribution in [3.8, 4) is 6.07 Å². The average Bonchev–Trinajstić information content (AvgIpc) is 3.42. The van der Waals surface area contributed by atoms with Gasteiger partial charge < -0.3 is 15.1 Å². The van der Waals surface area contributed by atoms with Gasteiger partial charge in [-0.15, -0.1) is 0 Å². The molecular formula is C26H33FN4O3. The Labute approximate surface area is 200 Å². The standard InChI is InChI=1S/C26H33FN4O3/c1-15(2)5-17-6-16(3)7-19-12-30(13-21(17)19)23(32)9-18-8-22(29-24(18)33)25(34)31-14-26(4,27)10-20(31)11-28/h6-7,15,18,20,22H,5,8-10,12-14H2,1-4H3,(H,29,33)/t18-,20-,22-,26?/m0/s1. The van der Waals surface area contributed by atoms with Gasteiger partial charge >= 0.3 is 0 Å². The van der Waals surface area contributed by atoms with E-state index in [1.807, 2.05) is 6.07 Å². The molecule has 4 rings (SSSR count). The number of hydrogen-bond donors (Lipinski definition) is 1. The number of likely N-dealkylation sites (tertiary alicyclic amines) is 1. The van der Waals surface area contributed by atoms with Gasteiger partial charge in [0.1, 0.15) is 17.8 Å². The van der Waals surface area contributed by atoms with Gasteiger partial charge in [0.15, 0.2) is 0 Å². The number of amides is 3. The number of carbonyl (C=O) groups is 3. The predicted octanol–water partition coefficient (Wildman–Crippen LogP) is 2.78. The van der Waals surface area contributed by atoms with Crippen molar-refractivity contribution < 1.29 is 18.8 Å². The molecule has 1 unspecified atom stereocenters. The second-order valence-electron chi connectivity index (χ2n) is 10.8. The third-order valence-electron chi connectivity index (χ3n) is 7.12. The van der Waals surface area contributed by atoms with E-state index in [1.54, 1.807) is 4.90 Å².